The standard InChI is InChI=1S/C7H8N2O3/c1-5-6(2)12-7(8-5)3-4-9(10)11/h3-4H,1-2H3/b4-3+. The predicted molar refractivity (Wildman–Crippen MR) is 42.0 cm³/mol. The van der Waals surface area contributed by atoms with Crippen LogP contribution in [0.25, 0.3) is 6.08 Å². The maximum atomic E-state index is 9.91. The fourth-order valence-corrected chi connectivity index (χ4v) is 0.693. The molecule has 0 fully saturated rings. The average molecular weight is 168 g/mol. The summed E-state index contributed by atoms with van der Waals surface area (Å²) < 4.78 is 5.06. The minimum Gasteiger partial charge on any atom is -0.442 e. The van der Waals surface area contributed by atoms with E-state index in [1.54, 1.807) is 13.8 Å². The largest absolute Gasteiger partial charge is 0.442 e. The summed E-state index contributed by atoms with van der Waals surface area (Å²) in [6, 6.07) is 0. The topological polar surface area (TPSA) is 69.2 Å². The maximum absolute atomic E-state index is 9.91. The molecule has 64 valence electrons. The van der Waals surface area contributed by atoms with E-state index < -0.39 is 4.92 Å². The van der Waals surface area contributed by atoms with E-state index in [9.17, 15) is 10.1 Å². The van der Waals surface area contributed by atoms with E-state index in [1.165, 1.54) is 6.08 Å². The molecule has 0 unspecified atom stereocenters. The number of hydrogen-bond donors (Lipinski definition) is 0. The Morgan fingerprint density at radius 3 is 2.67 bits per heavy atom. The van der Waals surface area contributed by atoms with E-state index in [2.05, 4.69) is 4.98 Å². The third-order valence-corrected chi connectivity index (χ3v) is 1.38. The van der Waals surface area contributed by atoms with Gasteiger partial charge in [0.05, 0.1) is 16.7 Å². The van der Waals surface area contributed by atoms with Crippen molar-refractivity contribution in [3.05, 3.63) is 33.7 Å². The smallest absolute Gasteiger partial charge is 0.239 e. The van der Waals surface area contributed by atoms with E-state index in [4.69, 9.17) is 4.42 Å². The van der Waals surface area contributed by atoms with Crippen LogP contribution in [-0.2, 0) is 0 Å². The van der Waals surface area contributed by atoms with Crippen LogP contribution in [0.1, 0.15) is 17.3 Å². The highest BCUT2D eigenvalue weighted by Gasteiger charge is 2.02. The summed E-state index contributed by atoms with van der Waals surface area (Å²) in [6.07, 6.45) is 2.02. The molecule has 1 heterocycles. The van der Waals surface area contributed by atoms with Crippen molar-refractivity contribution in [1.29, 1.82) is 0 Å². The van der Waals surface area contributed by atoms with Gasteiger partial charge in [-0.1, -0.05) is 0 Å². The third-order valence-electron chi connectivity index (χ3n) is 1.38. The molecule has 5 heteroatoms. The number of aromatic nitrogens is 1. The number of aryl methyl sites for hydroxylation is 2. The van der Waals surface area contributed by atoms with Crippen molar-refractivity contribution in [2.75, 3.05) is 0 Å². The van der Waals surface area contributed by atoms with Crippen LogP contribution < -0.4 is 0 Å². The van der Waals surface area contributed by atoms with Gasteiger partial charge < -0.3 is 4.42 Å². The molecule has 1 rings (SSSR count). The van der Waals surface area contributed by atoms with Gasteiger partial charge in [-0.2, -0.15) is 0 Å². The molecule has 0 amide bonds. The first-order valence-electron chi connectivity index (χ1n) is 3.35. The van der Waals surface area contributed by atoms with Gasteiger partial charge in [0.2, 0.25) is 12.1 Å². The summed E-state index contributed by atoms with van der Waals surface area (Å²) in [7, 11) is 0. The Kier molecular flexibility index (Phi) is 2.23. The molecule has 0 bridgehead atoms. The van der Waals surface area contributed by atoms with Crippen LogP contribution in [0.4, 0.5) is 0 Å². The van der Waals surface area contributed by atoms with Crippen LogP contribution in [0, 0.1) is 24.0 Å². The lowest BCUT2D eigenvalue weighted by Gasteiger charge is -1.79. The van der Waals surface area contributed by atoms with Gasteiger partial charge in [-0.25, -0.2) is 4.98 Å². The summed E-state index contributed by atoms with van der Waals surface area (Å²) >= 11 is 0. The zero-order valence-corrected chi connectivity index (χ0v) is 6.77. The van der Waals surface area contributed by atoms with Crippen LogP contribution >= 0.6 is 0 Å². The fraction of sp³-hybridized carbons (Fsp3) is 0.286. The molecule has 0 saturated carbocycles. The molecule has 12 heavy (non-hydrogen) atoms. The molecule has 0 saturated heterocycles. The lowest BCUT2D eigenvalue weighted by molar-refractivity contribution is -0.401. The van der Waals surface area contributed by atoms with Crippen LogP contribution in [0.5, 0.6) is 0 Å². The first-order valence-corrected chi connectivity index (χ1v) is 3.35. The second-order valence-electron chi connectivity index (χ2n) is 2.29. The Balaban J connectivity index is 2.83. The van der Waals surface area contributed by atoms with Crippen molar-refractivity contribution in [2.45, 2.75) is 13.8 Å². The molecule has 1 aromatic rings. The lowest BCUT2D eigenvalue weighted by Crippen LogP contribution is -1.82. The van der Waals surface area contributed by atoms with Crippen LogP contribution in [0.3, 0.4) is 0 Å². The van der Waals surface area contributed by atoms with Gasteiger partial charge in [0.25, 0.3) is 0 Å². The summed E-state index contributed by atoms with van der Waals surface area (Å²) in [5.41, 5.74) is 0.748. The van der Waals surface area contributed by atoms with Gasteiger partial charge in [0.1, 0.15) is 5.76 Å². The van der Waals surface area contributed by atoms with E-state index in [0.717, 1.165) is 11.9 Å². The lowest BCUT2D eigenvalue weighted by atomic mass is 10.4. The Bertz CT molecular complexity index is 308. The summed E-state index contributed by atoms with van der Waals surface area (Å²) in [6.45, 7) is 3.54. The summed E-state index contributed by atoms with van der Waals surface area (Å²) in [5.74, 6) is 0.944. The Morgan fingerprint density at radius 2 is 2.25 bits per heavy atom. The quantitative estimate of drug-likeness (QED) is 0.496. The molecule has 5 nitrogen and oxygen atoms in total. The van der Waals surface area contributed by atoms with E-state index in [0.29, 0.717) is 5.76 Å². The van der Waals surface area contributed by atoms with Crippen molar-refractivity contribution >= 4 is 6.08 Å². The van der Waals surface area contributed by atoms with Crippen LogP contribution in [0.2, 0.25) is 0 Å². The fourth-order valence-electron chi connectivity index (χ4n) is 0.693. The van der Waals surface area contributed by atoms with Crippen molar-refractivity contribution in [3.8, 4) is 0 Å². The number of hydrogen-bond acceptors (Lipinski definition) is 4. The van der Waals surface area contributed by atoms with Crippen LogP contribution in [0.15, 0.2) is 10.6 Å². The molecule has 0 aliphatic carbocycles. The van der Waals surface area contributed by atoms with E-state index in [-0.39, 0.29) is 5.89 Å². The molecule has 0 aliphatic rings. The Morgan fingerprint density at radius 1 is 1.58 bits per heavy atom. The first kappa shape index (κ1) is 8.45. The molecule has 0 spiro atoms. The molecule has 0 N–H and O–H groups in total. The zero-order chi connectivity index (χ0) is 9.14. The average Bonchev–Trinajstić information content (AvgIpc) is 2.28. The summed E-state index contributed by atoms with van der Waals surface area (Å²) in [4.78, 5) is 13.3. The van der Waals surface area contributed by atoms with Gasteiger partial charge in [-0.15, -0.1) is 0 Å². The van der Waals surface area contributed by atoms with Crippen LogP contribution in [-0.4, -0.2) is 9.91 Å². The molecule has 1 aromatic heterocycles. The van der Waals surface area contributed by atoms with Gasteiger partial charge in [0.15, 0.2) is 0 Å². The third kappa shape index (κ3) is 1.91. The van der Waals surface area contributed by atoms with Gasteiger partial charge >= 0.3 is 0 Å². The number of oxazole rings is 1. The highest BCUT2D eigenvalue weighted by Crippen LogP contribution is 2.09. The molecule has 0 atom stereocenters. The number of rotatable bonds is 2. The van der Waals surface area contributed by atoms with E-state index >= 15 is 0 Å². The van der Waals surface area contributed by atoms with Gasteiger partial charge in [-0.05, 0) is 13.8 Å². The van der Waals surface area contributed by atoms with Gasteiger partial charge in [0, 0.05) is 0 Å². The monoisotopic (exact) mass is 168 g/mol. The molecule has 0 radical (unpaired) electrons. The second-order valence-corrected chi connectivity index (χ2v) is 2.29. The molecule has 0 aromatic carbocycles. The van der Waals surface area contributed by atoms with E-state index in [1.807, 2.05) is 0 Å². The van der Waals surface area contributed by atoms with Gasteiger partial charge in [-0.3, -0.25) is 10.1 Å². The highest BCUT2D eigenvalue weighted by molar-refractivity contribution is 5.36. The first-order chi connectivity index (χ1) is 5.59. The van der Waals surface area contributed by atoms with Crippen molar-refractivity contribution in [1.82, 2.24) is 4.98 Å². The maximum Gasteiger partial charge on any atom is 0.239 e. The minimum atomic E-state index is -0.561. The Hall–Kier alpha value is -1.65. The number of nitrogens with zero attached hydrogens (tertiary/aromatic N) is 2. The van der Waals surface area contributed by atoms with Crippen molar-refractivity contribution in [2.24, 2.45) is 0 Å². The zero-order valence-electron chi connectivity index (χ0n) is 6.77. The summed E-state index contributed by atoms with van der Waals surface area (Å²) in [5, 5.41) is 9.91. The normalized spacial score (nSPS) is 10.8. The highest BCUT2D eigenvalue weighted by atomic mass is 16.6. The predicted octanol–water partition coefficient (Wildman–Crippen LogP) is 1.54. The van der Waals surface area contributed by atoms with Crippen molar-refractivity contribution < 1.29 is 9.34 Å². The minimum absolute atomic E-state index is 0.265. The Labute approximate surface area is 68.9 Å². The number of nitro groups is 1. The molecule has 0 aliphatic heterocycles. The van der Waals surface area contributed by atoms with Crippen molar-refractivity contribution in [3.63, 3.8) is 0 Å². The SMILES string of the molecule is Cc1nc(/C=C/[N+](=O)[O-])oc1C. The second kappa shape index (κ2) is 3.17. The molecular formula is C7H8N2O3. The molecular weight excluding hydrogens is 160 g/mol.